The van der Waals surface area contributed by atoms with Crippen molar-refractivity contribution in [3.63, 3.8) is 0 Å². The van der Waals surface area contributed by atoms with E-state index >= 15 is 0 Å². The molecule has 1 amide bonds. The Morgan fingerprint density at radius 3 is 1.44 bits per heavy atom. The molecule has 0 heterocycles. The average molecular weight is 559 g/mol. The molecule has 228 valence electrons. The third-order valence-corrected chi connectivity index (χ3v) is 6.83. The second-order valence-electron chi connectivity index (χ2n) is 10.6. The molecule has 1 unspecified atom stereocenters. The highest BCUT2D eigenvalue weighted by molar-refractivity contribution is 5.76. The predicted molar refractivity (Wildman–Crippen MR) is 150 cm³/mol. The minimum absolute atomic E-state index is 0.105. The summed E-state index contributed by atoms with van der Waals surface area (Å²) in [5.74, 6) is -4.39. The first-order chi connectivity index (χ1) is 18.7. The SMILES string of the molecule is O=CC(CCC(=O)O)NCCCC(O)(O)NC(=O)CCCCCCCCCCCCCCCCCCC(=O)O. The number of carbonyl (C=O) groups excluding carboxylic acids is 2. The molecular weight excluding hydrogens is 504 g/mol. The summed E-state index contributed by atoms with van der Waals surface area (Å²) in [6, 6.07) is -0.599. The monoisotopic (exact) mass is 558 g/mol. The minimum atomic E-state index is -2.31. The summed E-state index contributed by atoms with van der Waals surface area (Å²) in [5.41, 5.74) is 0. The van der Waals surface area contributed by atoms with E-state index in [4.69, 9.17) is 10.2 Å². The molecule has 0 fully saturated rings. The molecule has 0 aliphatic carbocycles. The summed E-state index contributed by atoms with van der Waals surface area (Å²) >= 11 is 0. The van der Waals surface area contributed by atoms with Gasteiger partial charge in [-0.2, -0.15) is 0 Å². The summed E-state index contributed by atoms with van der Waals surface area (Å²) in [5, 5.41) is 42.3. The highest BCUT2D eigenvalue weighted by Crippen LogP contribution is 2.14. The van der Waals surface area contributed by atoms with Crippen molar-refractivity contribution in [1.82, 2.24) is 10.6 Å². The van der Waals surface area contributed by atoms with Gasteiger partial charge in [-0.1, -0.05) is 89.9 Å². The molecule has 0 aliphatic heterocycles. The van der Waals surface area contributed by atoms with Gasteiger partial charge in [0.1, 0.15) is 6.29 Å². The van der Waals surface area contributed by atoms with Crippen LogP contribution in [0.25, 0.3) is 0 Å². The van der Waals surface area contributed by atoms with E-state index in [1.54, 1.807) is 0 Å². The lowest BCUT2D eigenvalue weighted by Crippen LogP contribution is -2.48. The summed E-state index contributed by atoms with van der Waals surface area (Å²) in [7, 11) is 0. The van der Waals surface area contributed by atoms with Crippen molar-refractivity contribution < 1.29 is 39.6 Å². The lowest BCUT2D eigenvalue weighted by Gasteiger charge is -2.23. The Bertz CT molecular complexity index is 657. The van der Waals surface area contributed by atoms with Gasteiger partial charge in [0.05, 0.1) is 6.04 Å². The van der Waals surface area contributed by atoms with Crippen LogP contribution in [0.4, 0.5) is 0 Å². The van der Waals surface area contributed by atoms with Gasteiger partial charge < -0.3 is 35.9 Å². The van der Waals surface area contributed by atoms with Gasteiger partial charge >= 0.3 is 11.9 Å². The molecular formula is C29H54N2O8. The van der Waals surface area contributed by atoms with E-state index in [-0.39, 0.29) is 25.7 Å². The average Bonchev–Trinajstić information content (AvgIpc) is 2.86. The lowest BCUT2D eigenvalue weighted by atomic mass is 10.0. The summed E-state index contributed by atoms with van der Waals surface area (Å²) in [4.78, 5) is 44.0. The molecule has 0 spiro atoms. The Balaban J connectivity index is 3.52. The number of aldehydes is 1. The number of carboxylic acid groups (broad SMARTS) is 2. The third kappa shape index (κ3) is 27.3. The smallest absolute Gasteiger partial charge is 0.303 e. The fourth-order valence-corrected chi connectivity index (χ4v) is 4.50. The van der Waals surface area contributed by atoms with Crippen LogP contribution in [0, 0.1) is 0 Å². The highest BCUT2D eigenvalue weighted by atomic mass is 16.5. The van der Waals surface area contributed by atoms with Crippen LogP contribution in [-0.2, 0) is 19.2 Å². The van der Waals surface area contributed by atoms with Gasteiger partial charge in [-0.15, -0.1) is 0 Å². The van der Waals surface area contributed by atoms with Gasteiger partial charge in [-0.05, 0) is 32.2 Å². The molecule has 0 aromatic heterocycles. The van der Waals surface area contributed by atoms with Crippen molar-refractivity contribution >= 4 is 24.1 Å². The zero-order chi connectivity index (χ0) is 29.2. The van der Waals surface area contributed by atoms with Gasteiger partial charge in [0.2, 0.25) is 11.8 Å². The van der Waals surface area contributed by atoms with Crippen molar-refractivity contribution in [2.75, 3.05) is 6.54 Å². The summed E-state index contributed by atoms with van der Waals surface area (Å²) < 4.78 is 0. The number of hydrogen-bond donors (Lipinski definition) is 6. The Labute approximate surface area is 234 Å². The second kappa shape index (κ2) is 25.0. The molecule has 39 heavy (non-hydrogen) atoms. The van der Waals surface area contributed by atoms with E-state index < -0.39 is 29.8 Å². The predicted octanol–water partition coefficient (Wildman–Crippen LogP) is 4.65. The maximum Gasteiger partial charge on any atom is 0.303 e. The van der Waals surface area contributed by atoms with E-state index in [1.807, 2.05) is 0 Å². The van der Waals surface area contributed by atoms with Crippen molar-refractivity contribution in [2.45, 2.75) is 153 Å². The van der Waals surface area contributed by atoms with E-state index in [1.165, 1.54) is 57.8 Å². The fourth-order valence-electron chi connectivity index (χ4n) is 4.50. The van der Waals surface area contributed by atoms with Crippen molar-refractivity contribution in [3.05, 3.63) is 0 Å². The number of aliphatic hydroxyl groups is 2. The van der Waals surface area contributed by atoms with E-state index in [0.29, 0.717) is 32.1 Å². The molecule has 0 saturated heterocycles. The number of carboxylic acids is 2. The third-order valence-electron chi connectivity index (χ3n) is 6.83. The standard InChI is InChI=1S/C29H54N2O8/c32-24-25(20-21-28(36)37)30-23-17-22-29(38,39)31-26(33)18-15-13-11-9-7-5-3-1-2-4-6-8-10-12-14-16-19-27(34)35/h24-25,30,38-39H,1-23H2,(H,31,33)(H,34,35)(H,36,37). The normalized spacial score (nSPS) is 12.3. The number of hydrogen-bond acceptors (Lipinski definition) is 7. The fraction of sp³-hybridized carbons (Fsp3) is 0.862. The minimum Gasteiger partial charge on any atom is -0.481 e. The molecule has 6 N–H and O–H groups in total. The molecule has 0 saturated carbocycles. The Kier molecular flexibility index (Phi) is 23.7. The molecule has 1 atom stereocenters. The largest absolute Gasteiger partial charge is 0.481 e. The van der Waals surface area contributed by atoms with Crippen LogP contribution in [-0.4, -0.2) is 63.1 Å². The van der Waals surface area contributed by atoms with E-state index in [2.05, 4.69) is 10.6 Å². The van der Waals surface area contributed by atoms with Crippen molar-refractivity contribution in [1.29, 1.82) is 0 Å². The van der Waals surface area contributed by atoms with Gasteiger partial charge in [-0.25, -0.2) is 0 Å². The zero-order valence-corrected chi connectivity index (χ0v) is 23.8. The number of amides is 1. The van der Waals surface area contributed by atoms with Crippen LogP contribution in [0.3, 0.4) is 0 Å². The summed E-state index contributed by atoms with van der Waals surface area (Å²) in [6.45, 7) is 0.292. The summed E-state index contributed by atoms with van der Waals surface area (Å²) in [6.07, 6.45) is 19.5. The molecule has 0 aromatic rings. The highest BCUT2D eigenvalue weighted by Gasteiger charge is 2.24. The Morgan fingerprint density at radius 1 is 0.615 bits per heavy atom. The van der Waals surface area contributed by atoms with Crippen LogP contribution in [0.15, 0.2) is 0 Å². The molecule has 0 rings (SSSR count). The van der Waals surface area contributed by atoms with Crippen LogP contribution in [0.5, 0.6) is 0 Å². The number of unbranched alkanes of at least 4 members (excludes halogenated alkanes) is 15. The van der Waals surface area contributed by atoms with Gasteiger partial charge in [0.15, 0.2) is 0 Å². The number of nitrogens with one attached hydrogen (secondary N) is 2. The van der Waals surface area contributed by atoms with Gasteiger partial charge in [0, 0.05) is 25.7 Å². The quantitative estimate of drug-likeness (QED) is 0.0434. The molecule has 0 radical (unpaired) electrons. The lowest BCUT2D eigenvalue weighted by molar-refractivity contribution is -0.194. The maximum absolute atomic E-state index is 12.0. The topological polar surface area (TPSA) is 173 Å². The second-order valence-corrected chi connectivity index (χ2v) is 10.6. The van der Waals surface area contributed by atoms with Gasteiger partial charge in [0.25, 0.3) is 0 Å². The van der Waals surface area contributed by atoms with E-state index in [0.717, 1.165) is 38.5 Å². The molecule has 0 bridgehead atoms. The first kappa shape index (κ1) is 37.0. The zero-order valence-electron chi connectivity index (χ0n) is 23.8. The first-order valence-electron chi connectivity index (χ1n) is 15.0. The van der Waals surface area contributed by atoms with Crippen molar-refractivity contribution in [2.24, 2.45) is 0 Å². The molecule has 0 aromatic carbocycles. The Hall–Kier alpha value is -2.04. The number of aliphatic carboxylic acids is 2. The molecule has 10 heteroatoms. The van der Waals surface area contributed by atoms with E-state index in [9.17, 15) is 29.4 Å². The maximum atomic E-state index is 12.0. The number of carbonyl (C=O) groups is 4. The Morgan fingerprint density at radius 2 is 1.03 bits per heavy atom. The number of rotatable bonds is 29. The van der Waals surface area contributed by atoms with Crippen LogP contribution in [0.1, 0.15) is 141 Å². The molecule has 10 nitrogen and oxygen atoms in total. The van der Waals surface area contributed by atoms with Crippen LogP contribution in [0.2, 0.25) is 0 Å². The van der Waals surface area contributed by atoms with Crippen LogP contribution >= 0.6 is 0 Å². The molecule has 0 aliphatic rings. The van der Waals surface area contributed by atoms with Crippen molar-refractivity contribution in [3.8, 4) is 0 Å². The first-order valence-corrected chi connectivity index (χ1v) is 15.0. The van der Waals surface area contributed by atoms with Crippen LogP contribution < -0.4 is 10.6 Å². The van der Waals surface area contributed by atoms with Gasteiger partial charge in [-0.3, -0.25) is 14.4 Å².